The predicted molar refractivity (Wildman–Crippen MR) is 78.1 cm³/mol. The van der Waals surface area contributed by atoms with Crippen LogP contribution in [-0.4, -0.2) is 36.0 Å². The molecule has 0 saturated heterocycles. The third kappa shape index (κ3) is 3.32. The zero-order valence-electron chi connectivity index (χ0n) is 13.0. The smallest absolute Gasteiger partial charge is 0.328 e. The Balaban J connectivity index is 1.94. The van der Waals surface area contributed by atoms with Gasteiger partial charge in [0.05, 0.1) is 12.1 Å². The highest BCUT2D eigenvalue weighted by Gasteiger charge is 2.18. The Bertz CT molecular complexity index is 700. The van der Waals surface area contributed by atoms with Crippen LogP contribution >= 0.6 is 0 Å². The van der Waals surface area contributed by atoms with Crippen LogP contribution in [0.3, 0.4) is 0 Å². The minimum absolute atomic E-state index is 0.328. The summed E-state index contributed by atoms with van der Waals surface area (Å²) in [4.78, 5) is 27.6. The van der Waals surface area contributed by atoms with Crippen molar-refractivity contribution in [3.05, 3.63) is 28.0 Å². The fraction of sp³-hybridized carbons (Fsp3) is 0.583. The average molecular weight is 308 g/mol. The van der Waals surface area contributed by atoms with Gasteiger partial charge in [-0.3, -0.25) is 9.67 Å². The molecule has 0 spiro atoms. The Morgan fingerprint density at radius 1 is 1.23 bits per heavy atom. The van der Waals surface area contributed by atoms with Gasteiger partial charge in [-0.05, 0) is 13.8 Å². The molecule has 0 saturated carbocycles. The van der Waals surface area contributed by atoms with E-state index >= 15 is 0 Å². The second kappa shape index (κ2) is 6.41. The van der Waals surface area contributed by atoms with Gasteiger partial charge in [0.1, 0.15) is 5.82 Å². The molecule has 2 unspecified atom stereocenters. The van der Waals surface area contributed by atoms with Crippen molar-refractivity contribution in [2.24, 2.45) is 7.05 Å². The van der Waals surface area contributed by atoms with E-state index in [0.717, 1.165) is 12.2 Å². The molecule has 0 radical (unpaired) electrons. The van der Waals surface area contributed by atoms with Crippen LogP contribution in [-0.2, 0) is 13.5 Å². The molecule has 2 heterocycles. The molecule has 0 aliphatic heterocycles. The number of nitrogens with one attached hydrogen (secondary N) is 4. The Labute approximate surface area is 126 Å². The molecular weight excluding hydrogens is 288 g/mol. The highest BCUT2D eigenvalue weighted by molar-refractivity contribution is 5.74. The average Bonchev–Trinajstić information content (AvgIpc) is 3.07. The Hall–Kier alpha value is -2.65. The largest absolute Gasteiger partial charge is 0.343 e. The van der Waals surface area contributed by atoms with E-state index in [1.807, 2.05) is 6.92 Å². The molecule has 2 aromatic rings. The van der Waals surface area contributed by atoms with Gasteiger partial charge in [-0.2, -0.15) is 10.2 Å². The number of H-pyrrole nitrogens is 2. The number of rotatable bonds is 5. The zero-order valence-corrected chi connectivity index (χ0v) is 13.0. The van der Waals surface area contributed by atoms with Crippen LogP contribution in [0.25, 0.3) is 0 Å². The van der Waals surface area contributed by atoms with Crippen molar-refractivity contribution >= 4 is 6.03 Å². The van der Waals surface area contributed by atoms with E-state index < -0.39 is 12.1 Å². The van der Waals surface area contributed by atoms with Crippen LogP contribution in [0.4, 0.5) is 4.79 Å². The van der Waals surface area contributed by atoms with Gasteiger partial charge in [-0.1, -0.05) is 6.92 Å². The van der Waals surface area contributed by atoms with Crippen molar-refractivity contribution in [2.75, 3.05) is 0 Å². The van der Waals surface area contributed by atoms with E-state index in [4.69, 9.17) is 0 Å². The third-order valence-electron chi connectivity index (χ3n) is 3.27. The quantitative estimate of drug-likeness (QED) is 0.612. The van der Waals surface area contributed by atoms with Crippen molar-refractivity contribution < 1.29 is 4.79 Å². The van der Waals surface area contributed by atoms with Crippen molar-refractivity contribution in [3.8, 4) is 0 Å². The summed E-state index contributed by atoms with van der Waals surface area (Å²) in [6, 6.07) is -1.15. The summed E-state index contributed by atoms with van der Waals surface area (Å²) >= 11 is 0. The van der Waals surface area contributed by atoms with Crippen molar-refractivity contribution in [1.82, 2.24) is 40.6 Å². The van der Waals surface area contributed by atoms with Crippen molar-refractivity contribution in [1.29, 1.82) is 0 Å². The highest BCUT2D eigenvalue weighted by atomic mass is 16.2. The zero-order chi connectivity index (χ0) is 16.3. The first-order valence-electron chi connectivity index (χ1n) is 7.01. The Morgan fingerprint density at radius 2 is 1.91 bits per heavy atom. The van der Waals surface area contributed by atoms with Crippen LogP contribution in [0.5, 0.6) is 0 Å². The van der Waals surface area contributed by atoms with Gasteiger partial charge in [0.2, 0.25) is 0 Å². The molecule has 0 fully saturated rings. The number of amides is 2. The van der Waals surface area contributed by atoms with Gasteiger partial charge in [-0.15, -0.1) is 0 Å². The second-order valence-electron chi connectivity index (χ2n) is 5.00. The molecular formula is C12H20N8O2. The van der Waals surface area contributed by atoms with Crippen LogP contribution in [0, 0.1) is 0 Å². The Morgan fingerprint density at radius 3 is 2.45 bits per heavy atom. The van der Waals surface area contributed by atoms with Gasteiger partial charge >= 0.3 is 11.7 Å². The van der Waals surface area contributed by atoms with Crippen molar-refractivity contribution in [3.63, 3.8) is 0 Å². The summed E-state index contributed by atoms with van der Waals surface area (Å²) in [7, 11) is 1.58. The van der Waals surface area contributed by atoms with E-state index in [9.17, 15) is 9.59 Å². The number of carbonyl (C=O) groups is 1. The van der Waals surface area contributed by atoms with E-state index in [1.165, 1.54) is 4.57 Å². The standard InChI is InChI=1S/C12H20N8O2/c1-5-8-15-9(17-16-8)6(2)13-11(21)14-7(3)10-18-19-12(22)20(10)4/h6-7H,5H2,1-4H3,(H,19,22)(H2,13,14,21)(H,15,16,17). The number of urea groups is 1. The van der Waals surface area contributed by atoms with Gasteiger partial charge in [-0.25, -0.2) is 19.7 Å². The Kier molecular flexibility index (Phi) is 4.59. The van der Waals surface area contributed by atoms with E-state index in [-0.39, 0.29) is 11.7 Å². The number of hydrogen-bond donors (Lipinski definition) is 4. The topological polar surface area (TPSA) is 133 Å². The summed E-state index contributed by atoms with van der Waals surface area (Å²) in [6.07, 6.45) is 0.746. The minimum atomic E-state index is -0.422. The molecule has 2 atom stereocenters. The first-order valence-corrected chi connectivity index (χ1v) is 7.01. The lowest BCUT2D eigenvalue weighted by Gasteiger charge is -2.16. The molecule has 120 valence electrons. The first kappa shape index (κ1) is 15.7. The minimum Gasteiger partial charge on any atom is -0.328 e. The fourth-order valence-electron chi connectivity index (χ4n) is 1.97. The summed E-state index contributed by atoms with van der Waals surface area (Å²) in [5, 5.41) is 18.5. The van der Waals surface area contributed by atoms with Gasteiger partial charge in [0, 0.05) is 13.5 Å². The summed E-state index contributed by atoms with van der Waals surface area (Å²) in [5.41, 5.74) is -0.328. The maximum Gasteiger partial charge on any atom is 0.343 e. The molecule has 2 rings (SSSR count). The van der Waals surface area contributed by atoms with Crippen molar-refractivity contribution in [2.45, 2.75) is 39.3 Å². The van der Waals surface area contributed by atoms with Gasteiger partial charge < -0.3 is 10.6 Å². The molecule has 10 heteroatoms. The molecule has 22 heavy (non-hydrogen) atoms. The maximum atomic E-state index is 12.0. The summed E-state index contributed by atoms with van der Waals surface area (Å²) < 4.78 is 1.34. The maximum absolute atomic E-state index is 12.0. The molecule has 4 N–H and O–H groups in total. The molecule has 2 aromatic heterocycles. The van der Waals surface area contributed by atoms with Gasteiger partial charge in [0.25, 0.3) is 0 Å². The molecule has 0 aromatic carbocycles. The lowest BCUT2D eigenvalue weighted by atomic mass is 10.3. The summed E-state index contributed by atoms with van der Waals surface area (Å²) in [6.45, 7) is 5.49. The lowest BCUT2D eigenvalue weighted by molar-refractivity contribution is 0.233. The number of aromatic nitrogens is 6. The normalized spacial score (nSPS) is 13.6. The second-order valence-corrected chi connectivity index (χ2v) is 5.00. The SMILES string of the molecule is CCc1nc(C(C)NC(=O)NC(C)c2n[nH]c(=O)n2C)n[nH]1. The lowest BCUT2D eigenvalue weighted by Crippen LogP contribution is -2.39. The third-order valence-corrected chi connectivity index (χ3v) is 3.27. The predicted octanol–water partition coefficient (Wildman–Crippen LogP) is -0.0897. The molecule has 0 aliphatic rings. The highest BCUT2D eigenvalue weighted by Crippen LogP contribution is 2.08. The van der Waals surface area contributed by atoms with Crippen LogP contribution < -0.4 is 16.3 Å². The molecule has 2 amide bonds. The number of hydrogen-bond acceptors (Lipinski definition) is 5. The van der Waals surface area contributed by atoms with E-state index in [1.54, 1.807) is 20.9 Å². The molecule has 0 bridgehead atoms. The molecule has 10 nitrogen and oxygen atoms in total. The number of aryl methyl sites for hydroxylation is 1. The number of aromatic amines is 2. The fourth-order valence-corrected chi connectivity index (χ4v) is 1.97. The number of nitrogens with zero attached hydrogens (tertiary/aromatic N) is 4. The summed E-state index contributed by atoms with van der Waals surface area (Å²) in [5.74, 6) is 1.73. The van der Waals surface area contributed by atoms with E-state index in [2.05, 4.69) is 36.0 Å². The monoisotopic (exact) mass is 308 g/mol. The van der Waals surface area contributed by atoms with E-state index in [0.29, 0.717) is 11.6 Å². The van der Waals surface area contributed by atoms with Gasteiger partial charge in [0.15, 0.2) is 11.6 Å². The van der Waals surface area contributed by atoms with Crippen LogP contribution in [0.15, 0.2) is 4.79 Å². The first-order chi connectivity index (χ1) is 10.4. The van der Waals surface area contributed by atoms with Crippen LogP contribution in [0.1, 0.15) is 50.3 Å². The molecule has 0 aliphatic carbocycles. The number of carbonyl (C=O) groups excluding carboxylic acids is 1. The van der Waals surface area contributed by atoms with Crippen LogP contribution in [0.2, 0.25) is 0 Å².